The Hall–Kier alpha value is 0.270. The number of hydrogen-bond donors (Lipinski definition) is 1. The molecule has 0 aliphatic heterocycles. The van der Waals surface area contributed by atoms with E-state index in [-0.39, 0.29) is 0 Å². The minimum atomic E-state index is 0.511. The number of hydrogen-bond acceptors (Lipinski definition) is 3. The lowest BCUT2D eigenvalue weighted by Gasteiger charge is -2.20. The molecular weight excluding hydrogens is 170 g/mol. The van der Waals surface area contributed by atoms with E-state index in [4.69, 9.17) is 4.74 Å². The first kappa shape index (κ1) is 12.3. The van der Waals surface area contributed by atoms with Crippen molar-refractivity contribution in [3.63, 3.8) is 0 Å². The van der Waals surface area contributed by atoms with Gasteiger partial charge in [0.2, 0.25) is 0 Å². The van der Waals surface area contributed by atoms with Crippen LogP contribution in [0.2, 0.25) is 0 Å². The van der Waals surface area contributed by atoms with Gasteiger partial charge in [-0.3, -0.25) is 0 Å². The summed E-state index contributed by atoms with van der Waals surface area (Å²) in [6.07, 6.45) is 3.27. The van der Waals surface area contributed by atoms with Crippen molar-refractivity contribution in [2.45, 2.75) is 32.4 Å². The SMILES string of the molecule is CCC(COC)NC(C)CSC. The molecule has 0 radical (unpaired) electrons. The Morgan fingerprint density at radius 3 is 2.58 bits per heavy atom. The molecular formula is C9H21NOS. The molecule has 0 saturated carbocycles. The van der Waals surface area contributed by atoms with Crippen LogP contribution in [0.15, 0.2) is 0 Å². The molecule has 0 aromatic rings. The van der Waals surface area contributed by atoms with Crippen LogP contribution in [0, 0.1) is 0 Å². The number of thioether (sulfide) groups is 1. The van der Waals surface area contributed by atoms with Crippen LogP contribution >= 0.6 is 11.8 Å². The Morgan fingerprint density at radius 1 is 1.50 bits per heavy atom. The zero-order chi connectivity index (χ0) is 9.40. The van der Waals surface area contributed by atoms with Crippen molar-refractivity contribution in [3.8, 4) is 0 Å². The van der Waals surface area contributed by atoms with Crippen LogP contribution in [-0.2, 0) is 4.74 Å². The molecule has 0 amide bonds. The Kier molecular flexibility index (Phi) is 8.07. The third-order valence-corrected chi connectivity index (χ3v) is 2.63. The van der Waals surface area contributed by atoms with Crippen molar-refractivity contribution in [1.29, 1.82) is 0 Å². The Morgan fingerprint density at radius 2 is 2.17 bits per heavy atom. The molecule has 0 fully saturated rings. The highest BCUT2D eigenvalue weighted by Gasteiger charge is 2.08. The van der Waals surface area contributed by atoms with Crippen molar-refractivity contribution in [2.24, 2.45) is 0 Å². The monoisotopic (exact) mass is 191 g/mol. The van der Waals surface area contributed by atoms with E-state index in [0.717, 1.165) is 13.0 Å². The van der Waals surface area contributed by atoms with E-state index in [1.807, 2.05) is 11.8 Å². The molecule has 0 rings (SSSR count). The fourth-order valence-corrected chi connectivity index (χ4v) is 1.78. The summed E-state index contributed by atoms with van der Waals surface area (Å²) in [7, 11) is 1.75. The quantitative estimate of drug-likeness (QED) is 0.662. The molecule has 0 aliphatic rings. The summed E-state index contributed by atoms with van der Waals surface area (Å²) in [5.74, 6) is 1.17. The van der Waals surface area contributed by atoms with E-state index in [2.05, 4.69) is 25.4 Å². The molecule has 0 heterocycles. The fraction of sp³-hybridized carbons (Fsp3) is 1.00. The first-order valence-corrected chi connectivity index (χ1v) is 5.87. The lowest BCUT2D eigenvalue weighted by molar-refractivity contribution is 0.161. The van der Waals surface area contributed by atoms with Crippen LogP contribution in [0.3, 0.4) is 0 Å². The van der Waals surface area contributed by atoms with Gasteiger partial charge in [0.15, 0.2) is 0 Å². The van der Waals surface area contributed by atoms with E-state index in [1.54, 1.807) is 7.11 Å². The molecule has 0 aromatic heterocycles. The molecule has 74 valence electrons. The molecule has 2 nitrogen and oxygen atoms in total. The summed E-state index contributed by atoms with van der Waals surface area (Å²) in [5.41, 5.74) is 0. The Balaban J connectivity index is 3.53. The highest BCUT2D eigenvalue weighted by Crippen LogP contribution is 1.99. The second kappa shape index (κ2) is 7.90. The standard InChI is InChI=1S/C9H21NOS/c1-5-9(6-11-3)10-8(2)7-12-4/h8-10H,5-7H2,1-4H3. The fourth-order valence-electron chi connectivity index (χ4n) is 1.19. The second-order valence-corrected chi connectivity index (χ2v) is 3.99. The van der Waals surface area contributed by atoms with Gasteiger partial charge in [-0.25, -0.2) is 0 Å². The first-order valence-electron chi connectivity index (χ1n) is 4.48. The summed E-state index contributed by atoms with van der Waals surface area (Å²) in [6.45, 7) is 5.21. The van der Waals surface area contributed by atoms with Gasteiger partial charge in [0, 0.05) is 24.9 Å². The smallest absolute Gasteiger partial charge is 0.0615 e. The van der Waals surface area contributed by atoms with E-state index in [9.17, 15) is 0 Å². The summed E-state index contributed by atoms with van der Waals surface area (Å²) in [5, 5.41) is 3.52. The zero-order valence-electron chi connectivity index (χ0n) is 8.59. The molecule has 0 bridgehead atoms. The number of rotatable bonds is 7. The molecule has 3 heteroatoms. The van der Waals surface area contributed by atoms with Gasteiger partial charge in [-0.2, -0.15) is 11.8 Å². The molecule has 0 saturated heterocycles. The maximum atomic E-state index is 5.10. The lowest BCUT2D eigenvalue weighted by atomic mass is 10.2. The largest absolute Gasteiger partial charge is 0.383 e. The topological polar surface area (TPSA) is 21.3 Å². The van der Waals surface area contributed by atoms with Gasteiger partial charge in [-0.15, -0.1) is 0 Å². The van der Waals surface area contributed by atoms with Gasteiger partial charge in [-0.05, 0) is 19.6 Å². The number of methoxy groups -OCH3 is 1. The predicted molar refractivity (Wildman–Crippen MR) is 56.9 cm³/mol. The molecule has 1 N–H and O–H groups in total. The van der Waals surface area contributed by atoms with Crippen molar-refractivity contribution in [3.05, 3.63) is 0 Å². The summed E-state index contributed by atoms with van der Waals surface area (Å²) in [6, 6.07) is 1.09. The van der Waals surface area contributed by atoms with Crippen LogP contribution in [0.4, 0.5) is 0 Å². The molecule has 12 heavy (non-hydrogen) atoms. The summed E-state index contributed by atoms with van der Waals surface area (Å²) in [4.78, 5) is 0. The van der Waals surface area contributed by atoms with Crippen LogP contribution in [-0.4, -0.2) is 37.8 Å². The van der Waals surface area contributed by atoms with Crippen molar-refractivity contribution in [2.75, 3.05) is 25.7 Å². The molecule has 0 spiro atoms. The minimum Gasteiger partial charge on any atom is -0.383 e. The van der Waals surface area contributed by atoms with Crippen LogP contribution in [0.25, 0.3) is 0 Å². The normalized spacial score (nSPS) is 16.0. The van der Waals surface area contributed by atoms with E-state index >= 15 is 0 Å². The maximum Gasteiger partial charge on any atom is 0.0615 e. The van der Waals surface area contributed by atoms with E-state index < -0.39 is 0 Å². The van der Waals surface area contributed by atoms with Gasteiger partial charge in [0.25, 0.3) is 0 Å². The van der Waals surface area contributed by atoms with Crippen LogP contribution in [0.5, 0.6) is 0 Å². The van der Waals surface area contributed by atoms with Gasteiger partial charge in [0.05, 0.1) is 6.61 Å². The molecule has 2 unspecified atom stereocenters. The van der Waals surface area contributed by atoms with Crippen LogP contribution < -0.4 is 5.32 Å². The molecule has 0 aliphatic carbocycles. The third kappa shape index (κ3) is 5.86. The molecule has 0 aromatic carbocycles. The summed E-state index contributed by atoms with van der Waals surface area (Å²) >= 11 is 1.88. The lowest BCUT2D eigenvalue weighted by Crippen LogP contribution is -2.40. The highest BCUT2D eigenvalue weighted by molar-refractivity contribution is 7.98. The summed E-state index contributed by atoms with van der Waals surface area (Å²) < 4.78 is 5.10. The average molecular weight is 191 g/mol. The van der Waals surface area contributed by atoms with Crippen molar-refractivity contribution < 1.29 is 4.74 Å². The highest BCUT2D eigenvalue weighted by atomic mass is 32.2. The zero-order valence-corrected chi connectivity index (χ0v) is 9.41. The van der Waals surface area contributed by atoms with E-state index in [1.165, 1.54) is 5.75 Å². The maximum absolute atomic E-state index is 5.10. The minimum absolute atomic E-state index is 0.511. The predicted octanol–water partition coefficient (Wildman–Crippen LogP) is 1.75. The van der Waals surface area contributed by atoms with Gasteiger partial charge >= 0.3 is 0 Å². The first-order chi connectivity index (χ1) is 5.74. The average Bonchev–Trinajstić information content (AvgIpc) is 2.04. The Bertz CT molecular complexity index is 101. The molecule has 2 atom stereocenters. The van der Waals surface area contributed by atoms with Crippen molar-refractivity contribution >= 4 is 11.8 Å². The number of ether oxygens (including phenoxy) is 1. The Labute approximate surface area is 80.4 Å². The van der Waals surface area contributed by atoms with Gasteiger partial charge < -0.3 is 10.1 Å². The van der Waals surface area contributed by atoms with Crippen LogP contribution in [0.1, 0.15) is 20.3 Å². The third-order valence-electron chi connectivity index (χ3n) is 1.80. The van der Waals surface area contributed by atoms with Gasteiger partial charge in [-0.1, -0.05) is 6.92 Å². The van der Waals surface area contributed by atoms with E-state index in [0.29, 0.717) is 12.1 Å². The van der Waals surface area contributed by atoms with Crippen molar-refractivity contribution in [1.82, 2.24) is 5.32 Å². The van der Waals surface area contributed by atoms with Gasteiger partial charge in [0.1, 0.15) is 0 Å². The number of nitrogens with one attached hydrogen (secondary N) is 1. The second-order valence-electron chi connectivity index (χ2n) is 3.08.